The van der Waals surface area contributed by atoms with E-state index in [-0.39, 0.29) is 18.8 Å². The van der Waals surface area contributed by atoms with E-state index in [0.717, 1.165) is 0 Å². The van der Waals surface area contributed by atoms with E-state index in [2.05, 4.69) is 5.32 Å². The minimum absolute atomic E-state index is 0.0507. The second-order valence-electron chi connectivity index (χ2n) is 5.58. The Kier molecular flexibility index (Phi) is 4.47. The minimum Gasteiger partial charge on any atom is -0.385 e. The van der Waals surface area contributed by atoms with Crippen molar-refractivity contribution in [3.8, 4) is 0 Å². The van der Waals surface area contributed by atoms with Crippen molar-refractivity contribution in [3.63, 3.8) is 0 Å². The molecule has 1 N–H and O–H groups in total. The van der Waals surface area contributed by atoms with Crippen LogP contribution in [0.1, 0.15) is 11.2 Å². The predicted octanol–water partition coefficient (Wildman–Crippen LogP) is 1.98. The molecule has 0 bridgehead atoms. The van der Waals surface area contributed by atoms with E-state index < -0.39 is 17.2 Å². The Hall–Kier alpha value is -3.22. The van der Waals surface area contributed by atoms with Crippen LogP contribution in [0.2, 0.25) is 0 Å². The number of aryl methyl sites for hydroxylation is 1. The van der Waals surface area contributed by atoms with Gasteiger partial charge in [0.15, 0.2) is 0 Å². The molecule has 3 aromatic rings. The maximum absolute atomic E-state index is 12.9. The lowest BCUT2D eigenvalue weighted by molar-refractivity contribution is 0.0896. The van der Waals surface area contributed by atoms with Crippen molar-refractivity contribution in [3.05, 3.63) is 75.2 Å². The molecule has 7 heteroatoms. The number of carbonyl (C=O) groups excluding carboxylic acids is 1. The van der Waals surface area contributed by atoms with E-state index in [1.807, 2.05) is 0 Å². The molecule has 1 heterocycles. The van der Waals surface area contributed by atoms with Crippen molar-refractivity contribution in [1.82, 2.24) is 9.13 Å². The van der Waals surface area contributed by atoms with Crippen LogP contribution >= 0.6 is 0 Å². The van der Waals surface area contributed by atoms with Gasteiger partial charge in [0.05, 0.1) is 10.9 Å². The lowest BCUT2D eigenvalue weighted by atomic mass is 10.2. The fraction of sp³-hybridized carbons (Fsp3) is 0.167. The minimum atomic E-state index is -0.671. The van der Waals surface area contributed by atoms with Gasteiger partial charge in [-0.2, -0.15) is 4.57 Å². The van der Waals surface area contributed by atoms with Crippen molar-refractivity contribution in [1.29, 1.82) is 0 Å². The number of hydrogen-bond donors (Lipinski definition) is 1. The molecule has 6 nitrogen and oxygen atoms in total. The monoisotopic (exact) mass is 341 g/mol. The number of anilines is 1. The molecule has 25 heavy (non-hydrogen) atoms. The Morgan fingerprint density at radius 2 is 1.76 bits per heavy atom. The molecule has 0 aliphatic heterocycles. The zero-order valence-electron chi connectivity index (χ0n) is 13.5. The summed E-state index contributed by atoms with van der Waals surface area (Å²) in [4.78, 5) is 37.2. The maximum Gasteiger partial charge on any atom is 0.338 e. The van der Waals surface area contributed by atoms with Gasteiger partial charge in [-0.3, -0.25) is 14.2 Å². The molecule has 0 spiro atoms. The molecular weight excluding hydrogens is 325 g/mol. The van der Waals surface area contributed by atoms with Crippen LogP contribution < -0.4 is 16.6 Å². The molecule has 0 fully saturated rings. The van der Waals surface area contributed by atoms with Crippen molar-refractivity contribution in [2.24, 2.45) is 7.05 Å². The van der Waals surface area contributed by atoms with Gasteiger partial charge in [-0.15, -0.1) is 0 Å². The summed E-state index contributed by atoms with van der Waals surface area (Å²) in [6, 6.07) is 12.3. The summed E-state index contributed by atoms with van der Waals surface area (Å²) < 4.78 is 14.8. The van der Waals surface area contributed by atoms with Crippen molar-refractivity contribution < 1.29 is 9.18 Å². The van der Waals surface area contributed by atoms with Crippen LogP contribution in [-0.4, -0.2) is 21.6 Å². The summed E-state index contributed by atoms with van der Waals surface area (Å²) in [5.41, 5.74) is -0.167. The first kappa shape index (κ1) is 16.6. The van der Waals surface area contributed by atoms with Crippen LogP contribution in [0, 0.1) is 5.82 Å². The number of para-hydroxylation sites is 1. The summed E-state index contributed by atoms with van der Waals surface area (Å²) in [7, 11) is 1.52. The molecule has 128 valence electrons. The van der Waals surface area contributed by atoms with Crippen LogP contribution in [0.25, 0.3) is 10.9 Å². The zero-order chi connectivity index (χ0) is 18.0. The fourth-order valence-corrected chi connectivity index (χ4v) is 2.62. The van der Waals surface area contributed by atoms with Gasteiger partial charge in [0.1, 0.15) is 5.82 Å². The van der Waals surface area contributed by atoms with Gasteiger partial charge < -0.3 is 5.32 Å². The van der Waals surface area contributed by atoms with Crippen LogP contribution in [-0.2, 0) is 7.05 Å². The number of nitrogens with zero attached hydrogens (tertiary/aromatic N) is 2. The van der Waals surface area contributed by atoms with E-state index in [4.69, 9.17) is 0 Å². The van der Waals surface area contributed by atoms with Crippen LogP contribution in [0.5, 0.6) is 0 Å². The number of rotatable bonds is 4. The first-order chi connectivity index (χ1) is 12.0. The average Bonchev–Trinajstić information content (AvgIpc) is 2.62. The van der Waals surface area contributed by atoms with Crippen LogP contribution in [0.4, 0.5) is 10.1 Å². The molecular formula is C18H16FN3O3. The SMILES string of the molecule is Cn1c(=O)n(C(=O)CCNc2ccc(F)cc2)c(=O)c2ccccc21. The van der Waals surface area contributed by atoms with Crippen molar-refractivity contribution in [2.75, 3.05) is 11.9 Å². The van der Waals surface area contributed by atoms with Gasteiger partial charge in [-0.05, 0) is 36.4 Å². The molecule has 2 aromatic carbocycles. The average molecular weight is 341 g/mol. The van der Waals surface area contributed by atoms with Gasteiger partial charge in [-0.1, -0.05) is 12.1 Å². The standard InChI is InChI=1S/C18H16FN3O3/c1-21-15-5-3-2-4-14(15)17(24)22(18(21)25)16(23)10-11-20-13-8-6-12(19)7-9-13/h2-9,20H,10-11H2,1H3. The third kappa shape index (κ3) is 3.21. The molecule has 0 aliphatic rings. The molecule has 0 saturated carbocycles. The Morgan fingerprint density at radius 3 is 2.48 bits per heavy atom. The van der Waals surface area contributed by atoms with Crippen molar-refractivity contribution >= 4 is 22.5 Å². The lowest BCUT2D eigenvalue weighted by Crippen LogP contribution is -2.43. The van der Waals surface area contributed by atoms with E-state index in [0.29, 0.717) is 21.2 Å². The molecule has 0 amide bonds. The first-order valence-corrected chi connectivity index (χ1v) is 7.72. The normalized spacial score (nSPS) is 10.8. The highest BCUT2D eigenvalue weighted by atomic mass is 19.1. The van der Waals surface area contributed by atoms with Crippen molar-refractivity contribution in [2.45, 2.75) is 6.42 Å². The Bertz CT molecular complexity index is 1050. The molecule has 0 aliphatic carbocycles. The van der Waals surface area contributed by atoms with E-state index in [1.165, 1.54) is 23.7 Å². The summed E-state index contributed by atoms with van der Waals surface area (Å²) >= 11 is 0. The summed E-state index contributed by atoms with van der Waals surface area (Å²) in [6.07, 6.45) is -0.0507. The highest BCUT2D eigenvalue weighted by molar-refractivity contribution is 5.84. The third-order valence-electron chi connectivity index (χ3n) is 3.94. The van der Waals surface area contributed by atoms with E-state index >= 15 is 0 Å². The molecule has 0 saturated heterocycles. The number of halogens is 1. The van der Waals surface area contributed by atoms with E-state index in [1.54, 1.807) is 36.4 Å². The maximum atomic E-state index is 12.9. The van der Waals surface area contributed by atoms with Gasteiger partial charge in [-0.25, -0.2) is 9.18 Å². The molecule has 0 radical (unpaired) electrons. The van der Waals surface area contributed by atoms with Gasteiger partial charge in [0, 0.05) is 25.7 Å². The number of carbonyl (C=O) groups is 1. The number of nitrogens with one attached hydrogen (secondary N) is 1. The second-order valence-corrected chi connectivity index (χ2v) is 5.58. The topological polar surface area (TPSA) is 73.1 Å². The third-order valence-corrected chi connectivity index (χ3v) is 3.94. The summed E-state index contributed by atoms with van der Waals surface area (Å²) in [6.45, 7) is 0.215. The largest absolute Gasteiger partial charge is 0.385 e. The molecule has 0 unspecified atom stereocenters. The smallest absolute Gasteiger partial charge is 0.338 e. The highest BCUT2D eigenvalue weighted by Gasteiger charge is 2.16. The highest BCUT2D eigenvalue weighted by Crippen LogP contribution is 2.08. The number of aromatic nitrogens is 2. The zero-order valence-corrected chi connectivity index (χ0v) is 13.5. The van der Waals surface area contributed by atoms with Gasteiger partial charge in [0.2, 0.25) is 5.91 Å². The summed E-state index contributed by atoms with van der Waals surface area (Å²) in [5.74, 6) is -0.946. The fourth-order valence-electron chi connectivity index (χ4n) is 2.62. The van der Waals surface area contributed by atoms with Gasteiger partial charge >= 0.3 is 5.69 Å². The van der Waals surface area contributed by atoms with Crippen LogP contribution in [0.15, 0.2) is 58.1 Å². The predicted molar refractivity (Wildman–Crippen MR) is 93.6 cm³/mol. The number of hydrogen-bond acceptors (Lipinski definition) is 4. The number of fused-ring (bicyclic) bond motifs is 1. The Labute approximate surface area is 142 Å². The van der Waals surface area contributed by atoms with Crippen LogP contribution in [0.3, 0.4) is 0 Å². The quantitative estimate of drug-likeness (QED) is 0.788. The molecule has 1 aromatic heterocycles. The van der Waals surface area contributed by atoms with Gasteiger partial charge in [0.25, 0.3) is 5.56 Å². The molecule has 3 rings (SSSR count). The first-order valence-electron chi connectivity index (χ1n) is 7.72. The summed E-state index contributed by atoms with van der Waals surface area (Å²) in [5, 5.41) is 3.26. The second kappa shape index (κ2) is 6.72. The lowest BCUT2D eigenvalue weighted by Gasteiger charge is -2.10. The Balaban J connectivity index is 1.84. The Morgan fingerprint density at radius 1 is 1.08 bits per heavy atom. The van der Waals surface area contributed by atoms with E-state index in [9.17, 15) is 18.8 Å². The number of benzene rings is 2. The molecule has 0 atom stereocenters.